The van der Waals surface area contributed by atoms with Gasteiger partial charge in [0.15, 0.2) is 5.11 Å². The minimum atomic E-state index is 0.756. The van der Waals surface area contributed by atoms with Gasteiger partial charge in [0.05, 0.1) is 0 Å². The lowest BCUT2D eigenvalue weighted by Gasteiger charge is -2.26. The van der Waals surface area contributed by atoms with Crippen LogP contribution in [0.2, 0.25) is 0 Å². The topological polar surface area (TPSA) is 15.3 Å². The van der Waals surface area contributed by atoms with E-state index in [1.165, 1.54) is 11.1 Å². The Morgan fingerprint density at radius 1 is 0.720 bits per heavy atom. The predicted octanol–water partition coefficient (Wildman–Crippen LogP) is 5.13. The highest BCUT2D eigenvalue weighted by Crippen LogP contribution is 2.11. The Bertz CT molecular complexity index is 773. The van der Waals surface area contributed by atoms with Crippen molar-refractivity contribution in [2.45, 2.75) is 13.0 Å². The fourth-order valence-electron chi connectivity index (χ4n) is 2.69. The Morgan fingerprint density at radius 2 is 1.24 bits per heavy atom. The van der Waals surface area contributed by atoms with Gasteiger partial charge in [-0.2, -0.15) is 0 Å². The molecule has 0 unspecified atom stereocenters. The molecule has 126 valence electrons. The van der Waals surface area contributed by atoms with Gasteiger partial charge in [-0.3, -0.25) is 0 Å². The van der Waals surface area contributed by atoms with Crippen molar-refractivity contribution in [3.8, 4) is 0 Å². The molecule has 0 aliphatic rings. The molecule has 0 bridgehead atoms. The molecule has 0 saturated heterocycles. The van der Waals surface area contributed by atoms with Gasteiger partial charge >= 0.3 is 0 Å². The molecule has 0 atom stereocenters. The summed E-state index contributed by atoms with van der Waals surface area (Å²) < 4.78 is 0. The van der Waals surface area contributed by atoms with Crippen molar-refractivity contribution >= 4 is 23.0 Å². The predicted molar refractivity (Wildman–Crippen MR) is 110 cm³/mol. The Balaban J connectivity index is 1.70. The number of benzene rings is 3. The zero-order chi connectivity index (χ0) is 17.3. The lowest BCUT2D eigenvalue weighted by atomic mass is 10.1. The molecule has 3 aromatic rings. The Morgan fingerprint density at radius 3 is 1.84 bits per heavy atom. The molecule has 0 aliphatic heterocycles. The summed E-state index contributed by atoms with van der Waals surface area (Å²) in [6, 6.07) is 31.1. The molecule has 0 fully saturated rings. The Kier molecular flexibility index (Phi) is 6.18. The second-order valence-electron chi connectivity index (χ2n) is 5.94. The molecule has 0 heterocycles. The number of rotatable bonds is 6. The minimum Gasteiger partial charge on any atom is -0.344 e. The summed E-state index contributed by atoms with van der Waals surface area (Å²) in [5, 5.41) is 4.11. The van der Waals surface area contributed by atoms with E-state index in [-0.39, 0.29) is 0 Å². The normalized spacial score (nSPS) is 10.2. The maximum absolute atomic E-state index is 5.69. The van der Waals surface area contributed by atoms with Gasteiger partial charge in [0.25, 0.3) is 0 Å². The van der Waals surface area contributed by atoms with Crippen LogP contribution >= 0.6 is 12.2 Å². The molecule has 0 amide bonds. The molecule has 0 radical (unpaired) electrons. The van der Waals surface area contributed by atoms with E-state index < -0.39 is 0 Å². The average molecular weight is 346 g/mol. The summed E-state index contributed by atoms with van der Waals surface area (Å²) in [6.07, 6.45) is 0.963. The smallest absolute Gasteiger partial charge is 0.173 e. The summed E-state index contributed by atoms with van der Waals surface area (Å²) in [7, 11) is 0. The number of hydrogen-bond acceptors (Lipinski definition) is 1. The zero-order valence-electron chi connectivity index (χ0n) is 14.1. The first kappa shape index (κ1) is 17.2. The van der Waals surface area contributed by atoms with Gasteiger partial charge in [-0.1, -0.05) is 78.9 Å². The van der Waals surface area contributed by atoms with Crippen molar-refractivity contribution in [3.05, 3.63) is 102 Å². The fourth-order valence-corrected chi connectivity index (χ4v) is 2.96. The molecule has 0 saturated carbocycles. The van der Waals surface area contributed by atoms with Gasteiger partial charge in [-0.05, 0) is 41.9 Å². The molecular weight excluding hydrogens is 324 g/mol. The molecular formula is C22H22N2S. The first-order chi connectivity index (χ1) is 12.3. The van der Waals surface area contributed by atoms with Crippen molar-refractivity contribution in [2.75, 3.05) is 11.9 Å². The van der Waals surface area contributed by atoms with Crippen LogP contribution in [0.4, 0.5) is 5.69 Å². The van der Waals surface area contributed by atoms with E-state index in [1.54, 1.807) is 0 Å². The molecule has 1 N–H and O–H groups in total. The van der Waals surface area contributed by atoms with Gasteiger partial charge in [-0.25, -0.2) is 0 Å². The van der Waals surface area contributed by atoms with Gasteiger partial charge in [0.1, 0.15) is 0 Å². The molecule has 0 aromatic heterocycles. The van der Waals surface area contributed by atoms with Crippen molar-refractivity contribution < 1.29 is 0 Å². The van der Waals surface area contributed by atoms with Crippen LogP contribution in [0.1, 0.15) is 11.1 Å². The first-order valence-electron chi connectivity index (χ1n) is 8.50. The standard InChI is InChI=1S/C22H22N2S/c25-22(23-21-14-8-3-9-15-21)24(18-20-12-6-2-7-13-20)17-16-19-10-4-1-5-11-19/h1-15H,16-18H2,(H,23,25). The number of para-hydroxylation sites is 1. The molecule has 3 rings (SSSR count). The Labute approximate surface area is 155 Å². The number of nitrogens with zero attached hydrogens (tertiary/aromatic N) is 1. The van der Waals surface area contributed by atoms with Crippen molar-refractivity contribution in [1.29, 1.82) is 0 Å². The lowest BCUT2D eigenvalue weighted by molar-refractivity contribution is 0.423. The van der Waals surface area contributed by atoms with Crippen LogP contribution in [-0.4, -0.2) is 16.6 Å². The summed E-state index contributed by atoms with van der Waals surface area (Å²) >= 11 is 5.69. The minimum absolute atomic E-state index is 0.756. The molecule has 25 heavy (non-hydrogen) atoms. The van der Waals surface area contributed by atoms with Crippen LogP contribution < -0.4 is 5.32 Å². The number of hydrogen-bond donors (Lipinski definition) is 1. The van der Waals surface area contributed by atoms with Gasteiger partial charge < -0.3 is 10.2 Å². The summed E-state index contributed by atoms with van der Waals surface area (Å²) in [5.41, 5.74) is 3.60. The van der Waals surface area contributed by atoms with Crippen LogP contribution in [0.5, 0.6) is 0 Å². The molecule has 0 spiro atoms. The van der Waals surface area contributed by atoms with Crippen molar-refractivity contribution in [3.63, 3.8) is 0 Å². The maximum Gasteiger partial charge on any atom is 0.173 e. The second-order valence-corrected chi connectivity index (χ2v) is 6.33. The fraction of sp³-hybridized carbons (Fsp3) is 0.136. The molecule has 0 aliphatic carbocycles. The van der Waals surface area contributed by atoms with Gasteiger partial charge in [-0.15, -0.1) is 0 Å². The Hall–Kier alpha value is -2.65. The van der Waals surface area contributed by atoms with E-state index in [2.05, 4.69) is 58.7 Å². The van der Waals surface area contributed by atoms with Gasteiger partial charge in [0, 0.05) is 18.8 Å². The van der Waals surface area contributed by atoms with Crippen LogP contribution in [-0.2, 0) is 13.0 Å². The third-order valence-corrected chi connectivity index (χ3v) is 4.40. The average Bonchev–Trinajstić information content (AvgIpc) is 2.67. The summed E-state index contributed by atoms with van der Waals surface area (Å²) in [5.74, 6) is 0. The van der Waals surface area contributed by atoms with E-state index in [9.17, 15) is 0 Å². The summed E-state index contributed by atoms with van der Waals surface area (Å²) in [4.78, 5) is 2.23. The molecule has 3 heteroatoms. The number of anilines is 1. The van der Waals surface area contributed by atoms with Crippen molar-refractivity contribution in [1.82, 2.24) is 4.90 Å². The SMILES string of the molecule is S=C(Nc1ccccc1)N(CCc1ccccc1)Cc1ccccc1. The van der Waals surface area contributed by atoms with E-state index in [1.807, 2.05) is 42.5 Å². The third kappa shape index (κ3) is 5.44. The third-order valence-electron chi connectivity index (χ3n) is 4.04. The van der Waals surface area contributed by atoms with Crippen LogP contribution in [0.15, 0.2) is 91.0 Å². The number of nitrogens with one attached hydrogen (secondary N) is 1. The monoisotopic (exact) mass is 346 g/mol. The van der Waals surface area contributed by atoms with Gasteiger partial charge in [0.2, 0.25) is 0 Å². The van der Waals surface area contributed by atoms with Crippen LogP contribution in [0.25, 0.3) is 0 Å². The van der Waals surface area contributed by atoms with Crippen molar-refractivity contribution in [2.24, 2.45) is 0 Å². The second kappa shape index (κ2) is 9.00. The first-order valence-corrected chi connectivity index (χ1v) is 8.91. The highest BCUT2D eigenvalue weighted by molar-refractivity contribution is 7.80. The number of thiocarbonyl (C=S) groups is 1. The molecule has 2 nitrogen and oxygen atoms in total. The lowest BCUT2D eigenvalue weighted by Crippen LogP contribution is -2.35. The quantitative estimate of drug-likeness (QED) is 0.623. The maximum atomic E-state index is 5.69. The highest BCUT2D eigenvalue weighted by atomic mass is 32.1. The van der Waals surface area contributed by atoms with E-state index in [4.69, 9.17) is 12.2 Å². The summed E-state index contributed by atoms with van der Waals surface area (Å²) in [6.45, 7) is 1.67. The van der Waals surface area contributed by atoms with E-state index in [0.29, 0.717) is 0 Å². The largest absolute Gasteiger partial charge is 0.344 e. The highest BCUT2D eigenvalue weighted by Gasteiger charge is 2.11. The van der Waals surface area contributed by atoms with Crippen LogP contribution in [0.3, 0.4) is 0 Å². The van der Waals surface area contributed by atoms with E-state index >= 15 is 0 Å². The van der Waals surface area contributed by atoms with Crippen LogP contribution in [0, 0.1) is 0 Å². The molecule has 3 aromatic carbocycles. The zero-order valence-corrected chi connectivity index (χ0v) is 15.0. The van der Waals surface area contributed by atoms with E-state index in [0.717, 1.165) is 30.3 Å².